The maximum atomic E-state index is 5.50. The summed E-state index contributed by atoms with van der Waals surface area (Å²) in [5.41, 5.74) is 6.60. The van der Waals surface area contributed by atoms with Crippen molar-refractivity contribution in [3.8, 4) is 0 Å². The fourth-order valence-electron chi connectivity index (χ4n) is 1.18. The quantitative estimate of drug-likeness (QED) is 0.591. The molecule has 1 aromatic heterocycles. The van der Waals surface area contributed by atoms with Crippen molar-refractivity contribution in [3.05, 3.63) is 5.69 Å². The maximum Gasteiger partial charge on any atom is 0.169 e. The second-order valence-corrected chi connectivity index (χ2v) is 2.25. The molecule has 0 unspecified atom stereocenters. The van der Waals surface area contributed by atoms with E-state index in [2.05, 4.69) is 10.3 Å². The minimum absolute atomic E-state index is 0. The van der Waals surface area contributed by atoms with Gasteiger partial charge in [-0.1, -0.05) is 5.21 Å². The second-order valence-electron chi connectivity index (χ2n) is 2.25. The van der Waals surface area contributed by atoms with Gasteiger partial charge in [-0.3, -0.25) is 0 Å². The molecule has 0 spiro atoms. The molecule has 0 bridgehead atoms. The zero-order chi connectivity index (χ0) is 6.27. The SMILES string of the molecule is Cl.Nc1nnn2c1CCC2. The normalized spacial score (nSPS) is 14.4. The monoisotopic (exact) mass is 160 g/mol. The van der Waals surface area contributed by atoms with E-state index in [0.29, 0.717) is 5.82 Å². The van der Waals surface area contributed by atoms with Crippen molar-refractivity contribution in [2.75, 3.05) is 5.73 Å². The second kappa shape index (κ2) is 2.46. The van der Waals surface area contributed by atoms with Gasteiger partial charge in [-0.05, 0) is 12.8 Å². The Kier molecular flexibility index (Phi) is 1.80. The zero-order valence-electron chi connectivity index (χ0n) is 5.45. The van der Waals surface area contributed by atoms with Gasteiger partial charge < -0.3 is 5.73 Å². The van der Waals surface area contributed by atoms with Crippen LogP contribution in [0.5, 0.6) is 0 Å². The fourth-order valence-corrected chi connectivity index (χ4v) is 1.18. The minimum Gasteiger partial charge on any atom is -0.381 e. The van der Waals surface area contributed by atoms with Gasteiger partial charge in [0, 0.05) is 6.54 Å². The van der Waals surface area contributed by atoms with Crippen LogP contribution in [0.1, 0.15) is 12.1 Å². The summed E-state index contributed by atoms with van der Waals surface area (Å²) in [5.74, 6) is 0.604. The molecule has 4 nitrogen and oxygen atoms in total. The molecule has 2 heterocycles. The summed E-state index contributed by atoms with van der Waals surface area (Å²) in [6.45, 7) is 0.986. The van der Waals surface area contributed by atoms with Crippen LogP contribution in [0.3, 0.4) is 0 Å². The Bertz CT molecular complexity index is 232. The van der Waals surface area contributed by atoms with Crippen molar-refractivity contribution in [2.24, 2.45) is 0 Å². The van der Waals surface area contributed by atoms with Crippen LogP contribution in [-0.2, 0) is 13.0 Å². The highest BCUT2D eigenvalue weighted by atomic mass is 35.5. The minimum atomic E-state index is 0. The van der Waals surface area contributed by atoms with Crippen LogP contribution in [-0.4, -0.2) is 15.0 Å². The summed E-state index contributed by atoms with van der Waals surface area (Å²) in [4.78, 5) is 0. The van der Waals surface area contributed by atoms with Gasteiger partial charge in [-0.15, -0.1) is 17.5 Å². The van der Waals surface area contributed by atoms with Crippen molar-refractivity contribution in [2.45, 2.75) is 19.4 Å². The van der Waals surface area contributed by atoms with Crippen LogP contribution in [0.25, 0.3) is 0 Å². The molecule has 56 valence electrons. The van der Waals surface area contributed by atoms with Crippen LogP contribution in [0.4, 0.5) is 5.82 Å². The third kappa shape index (κ3) is 0.844. The van der Waals surface area contributed by atoms with E-state index < -0.39 is 0 Å². The number of hydrogen-bond donors (Lipinski definition) is 1. The van der Waals surface area contributed by atoms with Crippen LogP contribution >= 0.6 is 12.4 Å². The molecular formula is C5H9ClN4. The summed E-state index contributed by atoms with van der Waals surface area (Å²) in [5, 5.41) is 7.57. The zero-order valence-corrected chi connectivity index (χ0v) is 6.27. The third-order valence-electron chi connectivity index (χ3n) is 1.65. The molecule has 10 heavy (non-hydrogen) atoms. The number of nitrogen functional groups attached to an aromatic ring is 1. The van der Waals surface area contributed by atoms with Crippen LogP contribution in [0.15, 0.2) is 0 Å². The summed E-state index contributed by atoms with van der Waals surface area (Å²) in [7, 11) is 0. The van der Waals surface area contributed by atoms with E-state index in [9.17, 15) is 0 Å². The molecule has 0 radical (unpaired) electrons. The van der Waals surface area contributed by atoms with Crippen molar-refractivity contribution in [1.82, 2.24) is 15.0 Å². The lowest BCUT2D eigenvalue weighted by molar-refractivity contribution is 0.623. The van der Waals surface area contributed by atoms with Gasteiger partial charge in [0.15, 0.2) is 5.82 Å². The molecule has 0 aromatic carbocycles. The van der Waals surface area contributed by atoms with Gasteiger partial charge in [-0.25, -0.2) is 4.68 Å². The number of aromatic nitrogens is 3. The number of anilines is 1. The van der Waals surface area contributed by atoms with E-state index in [0.717, 1.165) is 25.1 Å². The molecule has 5 heteroatoms. The topological polar surface area (TPSA) is 56.7 Å². The molecule has 1 aliphatic rings. The van der Waals surface area contributed by atoms with Gasteiger partial charge in [0.2, 0.25) is 0 Å². The van der Waals surface area contributed by atoms with Crippen LogP contribution in [0, 0.1) is 0 Å². The molecule has 2 N–H and O–H groups in total. The van der Waals surface area contributed by atoms with Crippen molar-refractivity contribution in [1.29, 1.82) is 0 Å². The van der Waals surface area contributed by atoms with E-state index in [1.807, 2.05) is 4.68 Å². The molecule has 0 saturated heterocycles. The number of fused-ring (bicyclic) bond motifs is 1. The van der Waals surface area contributed by atoms with Gasteiger partial charge in [0.1, 0.15) is 0 Å². The molecule has 1 aromatic rings. The molecular weight excluding hydrogens is 152 g/mol. The first-order chi connectivity index (χ1) is 4.38. The van der Waals surface area contributed by atoms with E-state index in [-0.39, 0.29) is 12.4 Å². The molecule has 0 atom stereocenters. The number of nitrogens with two attached hydrogens (primary N) is 1. The van der Waals surface area contributed by atoms with E-state index in [1.54, 1.807) is 0 Å². The summed E-state index contributed by atoms with van der Waals surface area (Å²) < 4.78 is 1.87. The first kappa shape index (κ1) is 7.34. The average molecular weight is 161 g/mol. The van der Waals surface area contributed by atoms with Gasteiger partial charge in [-0.2, -0.15) is 0 Å². The Hall–Kier alpha value is -0.770. The molecule has 1 aliphatic heterocycles. The Morgan fingerprint density at radius 1 is 1.50 bits per heavy atom. The Morgan fingerprint density at radius 2 is 2.30 bits per heavy atom. The lowest BCUT2D eigenvalue weighted by Crippen LogP contribution is -1.94. The highest BCUT2D eigenvalue weighted by Crippen LogP contribution is 2.16. The predicted octanol–water partition coefficient (Wildman–Crippen LogP) is 0.228. The highest BCUT2D eigenvalue weighted by molar-refractivity contribution is 5.85. The van der Waals surface area contributed by atoms with Gasteiger partial charge >= 0.3 is 0 Å². The number of halogens is 1. The summed E-state index contributed by atoms with van der Waals surface area (Å²) >= 11 is 0. The summed E-state index contributed by atoms with van der Waals surface area (Å²) in [6.07, 6.45) is 2.20. The lowest BCUT2D eigenvalue weighted by Gasteiger charge is -1.87. The smallest absolute Gasteiger partial charge is 0.169 e. The van der Waals surface area contributed by atoms with Crippen molar-refractivity contribution in [3.63, 3.8) is 0 Å². The summed E-state index contributed by atoms with van der Waals surface area (Å²) in [6, 6.07) is 0. The molecule has 0 amide bonds. The number of aryl methyl sites for hydroxylation is 1. The number of rotatable bonds is 0. The van der Waals surface area contributed by atoms with Crippen molar-refractivity contribution < 1.29 is 0 Å². The largest absolute Gasteiger partial charge is 0.381 e. The van der Waals surface area contributed by atoms with E-state index in [1.165, 1.54) is 0 Å². The van der Waals surface area contributed by atoms with Crippen molar-refractivity contribution >= 4 is 18.2 Å². The lowest BCUT2D eigenvalue weighted by atomic mass is 10.3. The van der Waals surface area contributed by atoms with Crippen LogP contribution in [0.2, 0.25) is 0 Å². The van der Waals surface area contributed by atoms with Gasteiger partial charge in [0.05, 0.1) is 5.69 Å². The maximum absolute atomic E-state index is 5.50. The Balaban J connectivity index is 0.000000500. The van der Waals surface area contributed by atoms with E-state index in [4.69, 9.17) is 5.73 Å². The first-order valence-corrected chi connectivity index (χ1v) is 3.06. The van der Waals surface area contributed by atoms with E-state index >= 15 is 0 Å². The molecule has 0 saturated carbocycles. The predicted molar refractivity (Wildman–Crippen MR) is 40.0 cm³/mol. The third-order valence-corrected chi connectivity index (χ3v) is 1.65. The Labute approximate surface area is 64.8 Å². The average Bonchev–Trinajstić information content (AvgIpc) is 2.35. The first-order valence-electron chi connectivity index (χ1n) is 3.06. The number of nitrogens with zero attached hydrogens (tertiary/aromatic N) is 3. The molecule has 0 fully saturated rings. The van der Waals surface area contributed by atoms with Gasteiger partial charge in [0.25, 0.3) is 0 Å². The molecule has 2 rings (SSSR count). The highest BCUT2D eigenvalue weighted by Gasteiger charge is 2.14. The molecule has 0 aliphatic carbocycles. The van der Waals surface area contributed by atoms with Crippen LogP contribution < -0.4 is 5.73 Å². The number of hydrogen-bond acceptors (Lipinski definition) is 3. The standard InChI is InChI=1S/C5H8N4.ClH/c6-5-4-2-1-3-9(4)8-7-5;/h1-3,6H2;1H. The fraction of sp³-hybridized carbons (Fsp3) is 0.600. The Morgan fingerprint density at radius 3 is 3.00 bits per heavy atom.